The fraction of sp³-hybridized carbons (Fsp3) is 0.364. The highest BCUT2D eigenvalue weighted by Crippen LogP contribution is 2.41. The molecule has 5 nitrogen and oxygen atoms in total. The Labute approximate surface area is 162 Å². The Morgan fingerprint density at radius 3 is 2.71 bits per heavy atom. The number of hydrogen-bond donors (Lipinski definition) is 1. The maximum absolute atomic E-state index is 13.8. The lowest BCUT2D eigenvalue weighted by Gasteiger charge is -2.30. The van der Waals surface area contributed by atoms with Gasteiger partial charge in [-0.05, 0) is 49.6 Å². The summed E-state index contributed by atoms with van der Waals surface area (Å²) in [4.78, 5) is 25.4. The molecule has 6 heteroatoms. The van der Waals surface area contributed by atoms with E-state index >= 15 is 0 Å². The quantitative estimate of drug-likeness (QED) is 0.731. The van der Waals surface area contributed by atoms with Crippen molar-refractivity contribution < 1.29 is 13.6 Å². The minimum absolute atomic E-state index is 0.107. The number of benzene rings is 2. The van der Waals surface area contributed by atoms with Gasteiger partial charge in [-0.2, -0.15) is 0 Å². The van der Waals surface area contributed by atoms with Gasteiger partial charge in [0, 0.05) is 12.6 Å². The zero-order valence-corrected chi connectivity index (χ0v) is 15.8. The summed E-state index contributed by atoms with van der Waals surface area (Å²) < 4.78 is 20.6. The summed E-state index contributed by atoms with van der Waals surface area (Å²) >= 11 is 0. The average molecular weight is 382 g/mol. The van der Waals surface area contributed by atoms with Gasteiger partial charge in [-0.3, -0.25) is 9.36 Å². The van der Waals surface area contributed by atoms with Gasteiger partial charge in [0.05, 0.1) is 10.9 Å². The van der Waals surface area contributed by atoms with Crippen LogP contribution in [0.2, 0.25) is 0 Å². The molecule has 1 aliphatic carbocycles. The molecule has 1 saturated carbocycles. The third-order valence-corrected chi connectivity index (χ3v) is 5.68. The highest BCUT2D eigenvalue weighted by atomic mass is 19.1. The Kier molecular flexibility index (Phi) is 4.79. The second-order valence-corrected chi connectivity index (χ2v) is 7.62. The van der Waals surface area contributed by atoms with Gasteiger partial charge in [0.1, 0.15) is 5.82 Å². The number of carbonyl (C=O) groups excluding carboxylic acids is 1. The van der Waals surface area contributed by atoms with E-state index in [1.807, 2.05) is 31.2 Å². The van der Waals surface area contributed by atoms with Crippen LogP contribution in [-0.4, -0.2) is 16.5 Å². The molecule has 146 valence electrons. The van der Waals surface area contributed by atoms with E-state index in [4.69, 9.17) is 4.42 Å². The van der Waals surface area contributed by atoms with Gasteiger partial charge in [0.2, 0.25) is 5.91 Å². The van der Waals surface area contributed by atoms with Crippen LogP contribution in [0.5, 0.6) is 0 Å². The van der Waals surface area contributed by atoms with E-state index in [2.05, 4.69) is 5.32 Å². The van der Waals surface area contributed by atoms with Crippen LogP contribution in [0, 0.1) is 5.82 Å². The number of nitrogens with one attached hydrogen (secondary N) is 1. The second kappa shape index (κ2) is 7.26. The van der Waals surface area contributed by atoms with Crippen LogP contribution in [0.15, 0.2) is 57.7 Å². The van der Waals surface area contributed by atoms with Crippen molar-refractivity contribution in [1.29, 1.82) is 0 Å². The summed E-state index contributed by atoms with van der Waals surface area (Å²) in [5, 5.41) is 3.05. The zero-order valence-electron chi connectivity index (χ0n) is 15.8. The normalized spacial score (nSPS) is 16.9. The third kappa shape index (κ3) is 3.23. The number of amides is 1. The molecule has 1 atom stereocenters. The summed E-state index contributed by atoms with van der Waals surface area (Å²) in [5.74, 6) is -0.881. The molecule has 1 amide bonds. The molecule has 1 heterocycles. The fourth-order valence-electron chi connectivity index (χ4n) is 4.28. The van der Waals surface area contributed by atoms with E-state index in [1.54, 1.807) is 12.1 Å². The Morgan fingerprint density at radius 1 is 1.21 bits per heavy atom. The molecule has 0 spiro atoms. The Balaban J connectivity index is 1.56. The first-order valence-electron chi connectivity index (χ1n) is 9.65. The monoisotopic (exact) mass is 382 g/mol. The van der Waals surface area contributed by atoms with Crippen LogP contribution in [0.3, 0.4) is 0 Å². The molecule has 28 heavy (non-hydrogen) atoms. The number of aromatic nitrogens is 1. The molecule has 1 N–H and O–H groups in total. The van der Waals surface area contributed by atoms with E-state index in [1.165, 1.54) is 16.7 Å². The maximum Gasteiger partial charge on any atom is 0.420 e. The van der Waals surface area contributed by atoms with E-state index in [0.717, 1.165) is 18.4 Å². The molecule has 0 radical (unpaired) electrons. The predicted octanol–water partition coefficient (Wildman–Crippen LogP) is 3.75. The van der Waals surface area contributed by atoms with E-state index in [0.29, 0.717) is 30.5 Å². The fourth-order valence-corrected chi connectivity index (χ4v) is 4.28. The molecular weight excluding hydrogens is 359 g/mol. The van der Waals surface area contributed by atoms with Gasteiger partial charge in [0.25, 0.3) is 0 Å². The van der Waals surface area contributed by atoms with Crippen molar-refractivity contribution in [1.82, 2.24) is 9.88 Å². The van der Waals surface area contributed by atoms with Crippen molar-refractivity contribution in [3.63, 3.8) is 0 Å². The van der Waals surface area contributed by atoms with Crippen LogP contribution in [0.4, 0.5) is 4.39 Å². The number of oxazole rings is 1. The molecule has 3 aromatic rings. The lowest BCUT2D eigenvalue weighted by molar-refractivity contribution is -0.127. The lowest BCUT2D eigenvalue weighted by Crippen LogP contribution is -2.47. The van der Waals surface area contributed by atoms with Crippen molar-refractivity contribution >= 4 is 17.0 Å². The largest absolute Gasteiger partial charge is 0.420 e. The molecule has 0 bridgehead atoms. The van der Waals surface area contributed by atoms with Crippen LogP contribution >= 0.6 is 0 Å². The maximum atomic E-state index is 13.8. The van der Waals surface area contributed by atoms with Gasteiger partial charge in [-0.15, -0.1) is 0 Å². The number of carbonyl (C=O) groups is 1. The number of para-hydroxylation sites is 2. The molecular formula is C22H23FN2O3. The van der Waals surface area contributed by atoms with Crippen molar-refractivity contribution in [2.24, 2.45) is 0 Å². The van der Waals surface area contributed by atoms with E-state index in [9.17, 15) is 14.0 Å². The van der Waals surface area contributed by atoms with Gasteiger partial charge >= 0.3 is 5.76 Å². The van der Waals surface area contributed by atoms with Crippen LogP contribution < -0.4 is 11.1 Å². The number of nitrogens with zero attached hydrogens (tertiary/aromatic N) is 1. The van der Waals surface area contributed by atoms with Crippen LogP contribution in [-0.2, 0) is 16.8 Å². The predicted molar refractivity (Wildman–Crippen MR) is 105 cm³/mol. The number of hydrogen-bond acceptors (Lipinski definition) is 3. The molecule has 2 aromatic carbocycles. The molecule has 4 rings (SSSR count). The van der Waals surface area contributed by atoms with Crippen LogP contribution in [0.1, 0.15) is 38.2 Å². The first-order chi connectivity index (χ1) is 13.5. The van der Waals surface area contributed by atoms with Gasteiger partial charge < -0.3 is 9.73 Å². The highest BCUT2D eigenvalue weighted by molar-refractivity contribution is 5.88. The number of fused-ring (bicyclic) bond motifs is 1. The first-order valence-corrected chi connectivity index (χ1v) is 9.65. The van der Waals surface area contributed by atoms with Gasteiger partial charge in [-0.1, -0.05) is 37.1 Å². The Hall–Kier alpha value is -2.89. The van der Waals surface area contributed by atoms with Crippen LogP contribution in [0.25, 0.3) is 11.1 Å². The minimum atomic E-state index is -0.709. The average Bonchev–Trinajstić information content (AvgIpc) is 3.28. The third-order valence-electron chi connectivity index (χ3n) is 5.68. The summed E-state index contributed by atoms with van der Waals surface area (Å²) in [6.07, 6.45) is 3.27. The molecule has 0 unspecified atom stereocenters. The summed E-state index contributed by atoms with van der Waals surface area (Å²) in [5.41, 5.74) is 1.24. The number of halogens is 1. The second-order valence-electron chi connectivity index (χ2n) is 7.62. The van der Waals surface area contributed by atoms with E-state index in [-0.39, 0.29) is 17.8 Å². The van der Waals surface area contributed by atoms with Crippen molar-refractivity contribution in [2.45, 2.75) is 50.6 Å². The Bertz CT molecular complexity index is 1060. The number of rotatable bonds is 5. The molecule has 1 fully saturated rings. The van der Waals surface area contributed by atoms with Gasteiger partial charge in [0.15, 0.2) is 5.58 Å². The molecule has 0 aliphatic heterocycles. The summed E-state index contributed by atoms with van der Waals surface area (Å²) in [7, 11) is 0. The standard InChI is InChI=1S/C22H23FN2O3/c1-15(14-25-18-9-2-3-10-19(18)28-21(25)27)24-20(26)22(11-4-5-12-22)16-7-6-8-17(23)13-16/h2-3,6-10,13,15H,4-5,11-12,14H2,1H3,(H,24,26)/t15-/m0/s1. The molecule has 1 aliphatic rings. The smallest absolute Gasteiger partial charge is 0.408 e. The Morgan fingerprint density at radius 2 is 1.96 bits per heavy atom. The molecule has 1 aromatic heterocycles. The zero-order chi connectivity index (χ0) is 19.7. The summed E-state index contributed by atoms with van der Waals surface area (Å²) in [6.45, 7) is 2.17. The minimum Gasteiger partial charge on any atom is -0.408 e. The SMILES string of the molecule is C[C@@H](Cn1c(=O)oc2ccccc21)NC(=O)C1(c2cccc(F)c2)CCCC1. The van der Waals surface area contributed by atoms with Crippen molar-refractivity contribution in [3.05, 3.63) is 70.5 Å². The van der Waals surface area contributed by atoms with Gasteiger partial charge in [-0.25, -0.2) is 9.18 Å². The highest BCUT2D eigenvalue weighted by Gasteiger charge is 2.43. The molecule has 0 saturated heterocycles. The van der Waals surface area contributed by atoms with E-state index < -0.39 is 11.2 Å². The lowest BCUT2D eigenvalue weighted by atomic mass is 9.77. The van der Waals surface area contributed by atoms with Crippen molar-refractivity contribution in [2.75, 3.05) is 0 Å². The summed E-state index contributed by atoms with van der Waals surface area (Å²) in [6, 6.07) is 13.3. The van der Waals surface area contributed by atoms with Crippen molar-refractivity contribution in [3.8, 4) is 0 Å². The topological polar surface area (TPSA) is 64.2 Å². The first kappa shape index (κ1) is 18.5.